The highest BCUT2D eigenvalue weighted by Gasteiger charge is 2.28. The lowest BCUT2D eigenvalue weighted by Gasteiger charge is -2.37. The van der Waals surface area contributed by atoms with Gasteiger partial charge in [-0.25, -0.2) is 0 Å². The number of halogens is 1. The summed E-state index contributed by atoms with van der Waals surface area (Å²) in [5.74, 6) is 0.931. The number of alkyl halides is 1. The second-order valence-electron chi connectivity index (χ2n) is 4.85. The Hall–Kier alpha value is -1.03. The van der Waals surface area contributed by atoms with E-state index in [2.05, 4.69) is 15.9 Å². The van der Waals surface area contributed by atoms with Crippen LogP contribution in [-0.4, -0.2) is 35.8 Å². The van der Waals surface area contributed by atoms with Crippen molar-refractivity contribution in [1.82, 2.24) is 4.90 Å². The molecule has 0 heterocycles. The van der Waals surface area contributed by atoms with Crippen molar-refractivity contribution >= 4 is 21.8 Å². The Morgan fingerprint density at radius 2 is 2.05 bits per heavy atom. The summed E-state index contributed by atoms with van der Waals surface area (Å²) in [6, 6.07) is 7.82. The standard InChI is InChI=1S/C15H20BrNO2/c1-19-14-8-6-12(7-9-14)15(18)17(11-3-10-16)13-4-2-5-13/h6-9,13H,2-5,10-11H2,1H3. The predicted octanol–water partition coefficient (Wildman–Crippen LogP) is 3.47. The van der Waals surface area contributed by atoms with Crippen molar-refractivity contribution in [3.63, 3.8) is 0 Å². The molecule has 1 aromatic carbocycles. The van der Waals surface area contributed by atoms with Crippen LogP contribution >= 0.6 is 15.9 Å². The van der Waals surface area contributed by atoms with Gasteiger partial charge in [0, 0.05) is 23.5 Å². The molecule has 0 N–H and O–H groups in total. The summed E-state index contributed by atoms with van der Waals surface area (Å²) in [6.45, 7) is 0.834. The highest BCUT2D eigenvalue weighted by Crippen LogP contribution is 2.27. The van der Waals surface area contributed by atoms with Gasteiger partial charge in [0.25, 0.3) is 5.91 Å². The minimum Gasteiger partial charge on any atom is -0.497 e. The van der Waals surface area contributed by atoms with E-state index in [-0.39, 0.29) is 5.91 Å². The topological polar surface area (TPSA) is 29.5 Å². The fourth-order valence-electron chi connectivity index (χ4n) is 2.28. The predicted molar refractivity (Wildman–Crippen MR) is 80.1 cm³/mol. The maximum Gasteiger partial charge on any atom is 0.254 e. The third-order valence-electron chi connectivity index (χ3n) is 3.65. The number of carbonyl (C=O) groups excluding carboxylic acids is 1. The molecule has 4 heteroatoms. The van der Waals surface area contributed by atoms with Crippen LogP contribution in [0.2, 0.25) is 0 Å². The number of benzene rings is 1. The maximum absolute atomic E-state index is 12.6. The van der Waals surface area contributed by atoms with Crippen molar-refractivity contribution in [2.75, 3.05) is 19.0 Å². The van der Waals surface area contributed by atoms with Gasteiger partial charge in [-0.15, -0.1) is 0 Å². The van der Waals surface area contributed by atoms with Gasteiger partial charge in [0.15, 0.2) is 0 Å². The number of methoxy groups -OCH3 is 1. The molecule has 1 aromatic rings. The fourth-order valence-corrected chi connectivity index (χ4v) is 2.53. The van der Waals surface area contributed by atoms with E-state index in [0.717, 1.165) is 42.5 Å². The Morgan fingerprint density at radius 3 is 2.53 bits per heavy atom. The lowest BCUT2D eigenvalue weighted by molar-refractivity contribution is 0.0581. The van der Waals surface area contributed by atoms with E-state index in [0.29, 0.717) is 6.04 Å². The van der Waals surface area contributed by atoms with Gasteiger partial charge < -0.3 is 9.64 Å². The molecule has 0 saturated heterocycles. The second kappa shape index (κ2) is 6.94. The quantitative estimate of drug-likeness (QED) is 0.749. The SMILES string of the molecule is COc1ccc(C(=O)N(CCCBr)C2CCC2)cc1. The summed E-state index contributed by atoms with van der Waals surface area (Å²) in [5, 5.41) is 0.937. The molecular weight excluding hydrogens is 306 g/mol. The zero-order chi connectivity index (χ0) is 13.7. The molecule has 19 heavy (non-hydrogen) atoms. The molecule has 0 aromatic heterocycles. The van der Waals surface area contributed by atoms with Crippen molar-refractivity contribution < 1.29 is 9.53 Å². The Labute approximate surface area is 123 Å². The molecule has 1 saturated carbocycles. The number of rotatable bonds is 6. The largest absolute Gasteiger partial charge is 0.497 e. The molecule has 0 bridgehead atoms. The number of hydrogen-bond acceptors (Lipinski definition) is 2. The van der Waals surface area contributed by atoms with Gasteiger partial charge in [-0.2, -0.15) is 0 Å². The average molecular weight is 326 g/mol. The van der Waals surface area contributed by atoms with Crippen molar-refractivity contribution in [2.24, 2.45) is 0 Å². The third kappa shape index (κ3) is 3.50. The molecule has 0 aliphatic heterocycles. The first-order chi connectivity index (χ1) is 9.26. The van der Waals surface area contributed by atoms with Gasteiger partial charge in [0.05, 0.1) is 7.11 Å². The number of ether oxygens (including phenoxy) is 1. The molecule has 3 nitrogen and oxygen atoms in total. The van der Waals surface area contributed by atoms with Crippen molar-refractivity contribution in [2.45, 2.75) is 31.7 Å². The number of carbonyl (C=O) groups is 1. The molecule has 2 rings (SSSR count). The first kappa shape index (κ1) is 14.4. The van der Waals surface area contributed by atoms with Crippen molar-refractivity contribution in [3.05, 3.63) is 29.8 Å². The van der Waals surface area contributed by atoms with Gasteiger partial charge in [-0.3, -0.25) is 4.79 Å². The van der Waals surface area contributed by atoms with E-state index in [9.17, 15) is 4.79 Å². The number of amides is 1. The van der Waals surface area contributed by atoms with E-state index in [1.165, 1.54) is 6.42 Å². The lowest BCUT2D eigenvalue weighted by atomic mass is 9.91. The number of hydrogen-bond donors (Lipinski definition) is 0. The summed E-state index contributed by atoms with van der Waals surface area (Å²) in [4.78, 5) is 14.6. The molecular formula is C15H20BrNO2. The van der Waals surface area contributed by atoms with Gasteiger partial charge in [-0.1, -0.05) is 15.9 Å². The molecule has 1 fully saturated rings. The van der Waals surface area contributed by atoms with Crippen molar-refractivity contribution in [1.29, 1.82) is 0 Å². The molecule has 0 radical (unpaired) electrons. The molecule has 1 aliphatic rings. The lowest BCUT2D eigenvalue weighted by Crippen LogP contribution is -2.44. The highest BCUT2D eigenvalue weighted by molar-refractivity contribution is 9.09. The summed E-state index contributed by atoms with van der Waals surface area (Å²) in [7, 11) is 1.63. The Bertz CT molecular complexity index is 415. The van der Waals surface area contributed by atoms with Crippen LogP contribution in [0, 0.1) is 0 Å². The number of nitrogens with zero attached hydrogens (tertiary/aromatic N) is 1. The second-order valence-corrected chi connectivity index (χ2v) is 5.65. The van der Waals surface area contributed by atoms with Crippen LogP contribution in [0.5, 0.6) is 5.75 Å². The zero-order valence-corrected chi connectivity index (χ0v) is 12.9. The maximum atomic E-state index is 12.6. The molecule has 1 aliphatic carbocycles. The third-order valence-corrected chi connectivity index (χ3v) is 4.21. The van der Waals surface area contributed by atoms with Crippen LogP contribution in [0.4, 0.5) is 0 Å². The Kier molecular flexibility index (Phi) is 5.25. The van der Waals surface area contributed by atoms with Crippen molar-refractivity contribution in [3.8, 4) is 5.75 Å². The van der Waals surface area contributed by atoms with Gasteiger partial charge in [0.2, 0.25) is 0 Å². The average Bonchev–Trinajstić information content (AvgIpc) is 2.40. The monoisotopic (exact) mass is 325 g/mol. The summed E-state index contributed by atoms with van der Waals surface area (Å²) < 4.78 is 5.12. The molecule has 0 atom stereocenters. The Morgan fingerprint density at radius 1 is 1.37 bits per heavy atom. The van der Waals surface area contributed by atoms with E-state index >= 15 is 0 Å². The van der Waals surface area contributed by atoms with E-state index in [1.807, 2.05) is 29.2 Å². The first-order valence-electron chi connectivity index (χ1n) is 6.77. The summed E-state index contributed by atoms with van der Waals surface area (Å²) in [5.41, 5.74) is 0.752. The van der Waals surface area contributed by atoms with Crippen LogP contribution in [0.3, 0.4) is 0 Å². The van der Waals surface area contributed by atoms with Crippen LogP contribution in [-0.2, 0) is 0 Å². The van der Waals surface area contributed by atoms with Gasteiger partial charge in [0.1, 0.15) is 5.75 Å². The smallest absolute Gasteiger partial charge is 0.254 e. The van der Waals surface area contributed by atoms with E-state index < -0.39 is 0 Å². The Balaban J connectivity index is 2.08. The van der Waals surface area contributed by atoms with Crippen LogP contribution < -0.4 is 4.74 Å². The minimum atomic E-state index is 0.147. The first-order valence-corrected chi connectivity index (χ1v) is 7.89. The van der Waals surface area contributed by atoms with Crippen LogP contribution in [0.15, 0.2) is 24.3 Å². The molecule has 104 valence electrons. The van der Waals surface area contributed by atoms with Crippen LogP contribution in [0.25, 0.3) is 0 Å². The normalized spacial score (nSPS) is 14.8. The summed E-state index contributed by atoms with van der Waals surface area (Å²) in [6.07, 6.45) is 4.53. The minimum absolute atomic E-state index is 0.147. The van der Waals surface area contributed by atoms with E-state index in [1.54, 1.807) is 7.11 Å². The molecule has 1 amide bonds. The molecule has 0 unspecified atom stereocenters. The molecule has 0 spiro atoms. The van der Waals surface area contributed by atoms with E-state index in [4.69, 9.17) is 4.74 Å². The van der Waals surface area contributed by atoms with Gasteiger partial charge >= 0.3 is 0 Å². The van der Waals surface area contributed by atoms with Crippen LogP contribution in [0.1, 0.15) is 36.0 Å². The zero-order valence-electron chi connectivity index (χ0n) is 11.3. The highest BCUT2D eigenvalue weighted by atomic mass is 79.9. The van der Waals surface area contributed by atoms with Gasteiger partial charge in [-0.05, 0) is 49.9 Å². The fraction of sp³-hybridized carbons (Fsp3) is 0.533. The summed E-state index contributed by atoms with van der Waals surface area (Å²) >= 11 is 3.44.